The molecule has 2 N–H and O–H groups in total. The molecule has 0 aromatic heterocycles. The van der Waals surface area contributed by atoms with Crippen LogP contribution in [0, 0.1) is 5.82 Å². The van der Waals surface area contributed by atoms with Crippen molar-refractivity contribution in [2.45, 2.75) is 31.8 Å². The summed E-state index contributed by atoms with van der Waals surface area (Å²) in [5.74, 6) is -1.49. The number of rotatable bonds is 6. The van der Waals surface area contributed by atoms with Gasteiger partial charge in [-0.05, 0) is 42.5 Å². The Hall–Kier alpha value is -2.73. The summed E-state index contributed by atoms with van der Waals surface area (Å²) in [6, 6.07) is 16.5. The van der Waals surface area contributed by atoms with E-state index in [1.807, 2.05) is 18.2 Å². The summed E-state index contributed by atoms with van der Waals surface area (Å²) >= 11 is 0. The molecule has 0 atom stereocenters. The van der Waals surface area contributed by atoms with Crippen LogP contribution in [0.15, 0.2) is 54.6 Å². The maximum absolute atomic E-state index is 12.9. The fourth-order valence-electron chi connectivity index (χ4n) is 3.38. The van der Waals surface area contributed by atoms with Gasteiger partial charge in [0.25, 0.3) is 0 Å². The first-order valence-corrected chi connectivity index (χ1v) is 9.69. The number of benzene rings is 2. The molecule has 0 bridgehead atoms. The number of nitrogens with zero attached hydrogens (tertiary/aromatic N) is 1. The van der Waals surface area contributed by atoms with E-state index in [9.17, 15) is 14.0 Å². The molecule has 0 radical (unpaired) electrons. The van der Waals surface area contributed by atoms with Gasteiger partial charge in [0.05, 0.1) is 0 Å². The predicted octanol–water partition coefficient (Wildman–Crippen LogP) is 2.27. The van der Waals surface area contributed by atoms with Gasteiger partial charge < -0.3 is 10.6 Å². The lowest BCUT2D eigenvalue weighted by molar-refractivity contribution is -0.139. The van der Waals surface area contributed by atoms with Gasteiger partial charge in [0, 0.05) is 32.2 Å². The largest absolute Gasteiger partial charge is 0.348 e. The normalized spacial score (nSPS) is 15.2. The number of likely N-dealkylation sites (tertiary alicyclic amines) is 1. The summed E-state index contributed by atoms with van der Waals surface area (Å²) in [6.45, 7) is 3.04. The van der Waals surface area contributed by atoms with Crippen molar-refractivity contribution in [3.05, 3.63) is 71.5 Å². The molecule has 1 aliphatic heterocycles. The first kappa shape index (κ1) is 20.0. The number of carbonyl (C=O) groups is 2. The van der Waals surface area contributed by atoms with Crippen molar-refractivity contribution in [1.82, 2.24) is 15.5 Å². The van der Waals surface area contributed by atoms with Crippen molar-refractivity contribution in [2.75, 3.05) is 19.6 Å². The molecule has 0 spiro atoms. The van der Waals surface area contributed by atoms with E-state index in [0.717, 1.165) is 38.0 Å². The van der Waals surface area contributed by atoms with Crippen LogP contribution in [0.25, 0.3) is 0 Å². The second-order valence-corrected chi connectivity index (χ2v) is 7.14. The molecule has 6 heteroatoms. The van der Waals surface area contributed by atoms with Crippen molar-refractivity contribution in [1.29, 1.82) is 0 Å². The fraction of sp³-hybridized carbons (Fsp3) is 0.364. The first-order chi connectivity index (χ1) is 13.6. The van der Waals surface area contributed by atoms with Crippen molar-refractivity contribution in [3.63, 3.8) is 0 Å². The molecular weight excluding hydrogens is 357 g/mol. The van der Waals surface area contributed by atoms with E-state index in [-0.39, 0.29) is 11.9 Å². The number of carbonyl (C=O) groups excluding carboxylic acids is 2. The van der Waals surface area contributed by atoms with Crippen LogP contribution >= 0.6 is 0 Å². The minimum Gasteiger partial charge on any atom is -0.348 e. The molecule has 1 fully saturated rings. The minimum absolute atomic E-state index is 0.0300. The number of halogens is 1. The Morgan fingerprint density at radius 3 is 2.29 bits per heavy atom. The average molecular weight is 383 g/mol. The summed E-state index contributed by atoms with van der Waals surface area (Å²) < 4.78 is 12.9. The van der Waals surface area contributed by atoms with Gasteiger partial charge >= 0.3 is 11.8 Å². The lowest BCUT2D eigenvalue weighted by Gasteiger charge is -2.32. The molecule has 2 amide bonds. The van der Waals surface area contributed by atoms with Gasteiger partial charge in [-0.15, -0.1) is 0 Å². The van der Waals surface area contributed by atoms with Gasteiger partial charge in [0.15, 0.2) is 0 Å². The number of hydrogen-bond acceptors (Lipinski definition) is 3. The quantitative estimate of drug-likeness (QED) is 0.753. The van der Waals surface area contributed by atoms with E-state index in [0.29, 0.717) is 13.0 Å². The van der Waals surface area contributed by atoms with E-state index in [2.05, 4.69) is 27.7 Å². The smallest absolute Gasteiger partial charge is 0.309 e. The third kappa shape index (κ3) is 6.16. The summed E-state index contributed by atoms with van der Waals surface area (Å²) in [4.78, 5) is 26.4. The standard InChI is InChI=1S/C22H26FN3O2/c23-19-8-6-17(7-9-19)10-13-24-21(27)22(28)25-20-11-14-26(15-12-20)16-18-4-2-1-3-5-18/h1-9,20H,10-16H2,(H,24,27)(H,25,28). The van der Waals surface area contributed by atoms with Crippen LogP contribution in [0.1, 0.15) is 24.0 Å². The highest BCUT2D eigenvalue weighted by Gasteiger charge is 2.23. The van der Waals surface area contributed by atoms with Crippen molar-refractivity contribution in [2.24, 2.45) is 0 Å². The van der Waals surface area contributed by atoms with Crippen molar-refractivity contribution in [3.8, 4) is 0 Å². The molecule has 1 aliphatic rings. The highest BCUT2D eigenvalue weighted by Crippen LogP contribution is 2.13. The minimum atomic E-state index is -0.617. The molecule has 1 saturated heterocycles. The molecule has 0 unspecified atom stereocenters. The number of hydrogen-bond donors (Lipinski definition) is 2. The van der Waals surface area contributed by atoms with Crippen LogP contribution in [-0.4, -0.2) is 42.4 Å². The zero-order valence-electron chi connectivity index (χ0n) is 15.9. The second-order valence-electron chi connectivity index (χ2n) is 7.14. The first-order valence-electron chi connectivity index (χ1n) is 9.69. The zero-order chi connectivity index (χ0) is 19.8. The van der Waals surface area contributed by atoms with E-state index in [4.69, 9.17) is 0 Å². The fourth-order valence-corrected chi connectivity index (χ4v) is 3.38. The third-order valence-electron chi connectivity index (χ3n) is 4.99. The molecule has 5 nitrogen and oxygen atoms in total. The van der Waals surface area contributed by atoms with Gasteiger partial charge in [-0.3, -0.25) is 14.5 Å². The van der Waals surface area contributed by atoms with Gasteiger partial charge in [-0.2, -0.15) is 0 Å². The van der Waals surface area contributed by atoms with Crippen molar-refractivity contribution >= 4 is 11.8 Å². The maximum Gasteiger partial charge on any atom is 0.309 e. The van der Waals surface area contributed by atoms with Crippen LogP contribution in [0.3, 0.4) is 0 Å². The monoisotopic (exact) mass is 383 g/mol. The van der Waals surface area contributed by atoms with Crippen molar-refractivity contribution < 1.29 is 14.0 Å². The van der Waals surface area contributed by atoms with Gasteiger partial charge in [0.1, 0.15) is 5.82 Å². The second kappa shape index (κ2) is 9.99. The van der Waals surface area contributed by atoms with Gasteiger partial charge in [-0.1, -0.05) is 42.5 Å². The highest BCUT2D eigenvalue weighted by molar-refractivity contribution is 6.35. The Labute approximate surface area is 164 Å². The average Bonchev–Trinajstić information content (AvgIpc) is 2.71. The van der Waals surface area contributed by atoms with E-state index in [1.54, 1.807) is 12.1 Å². The van der Waals surface area contributed by atoms with Crippen LogP contribution in [0.2, 0.25) is 0 Å². The number of nitrogens with one attached hydrogen (secondary N) is 2. The number of piperidine rings is 1. The lowest BCUT2D eigenvalue weighted by Crippen LogP contribution is -2.49. The lowest BCUT2D eigenvalue weighted by atomic mass is 10.0. The van der Waals surface area contributed by atoms with Crippen LogP contribution in [0.4, 0.5) is 4.39 Å². The molecule has 3 rings (SSSR count). The molecule has 0 saturated carbocycles. The van der Waals surface area contributed by atoms with E-state index in [1.165, 1.54) is 17.7 Å². The highest BCUT2D eigenvalue weighted by atomic mass is 19.1. The third-order valence-corrected chi connectivity index (χ3v) is 4.99. The van der Waals surface area contributed by atoms with E-state index >= 15 is 0 Å². The Bertz CT molecular complexity index is 772. The SMILES string of the molecule is O=C(NCCc1ccc(F)cc1)C(=O)NC1CCN(Cc2ccccc2)CC1. The predicted molar refractivity (Wildman–Crippen MR) is 106 cm³/mol. The van der Waals surface area contributed by atoms with E-state index < -0.39 is 11.8 Å². The summed E-state index contributed by atoms with van der Waals surface area (Å²) in [5.41, 5.74) is 2.19. The van der Waals surface area contributed by atoms with Gasteiger partial charge in [0.2, 0.25) is 0 Å². The summed E-state index contributed by atoms with van der Waals surface area (Å²) in [6.07, 6.45) is 2.22. The Morgan fingerprint density at radius 2 is 1.61 bits per heavy atom. The number of amides is 2. The molecule has 1 heterocycles. The zero-order valence-corrected chi connectivity index (χ0v) is 15.9. The maximum atomic E-state index is 12.9. The molecule has 2 aromatic rings. The van der Waals surface area contributed by atoms with Crippen LogP contribution in [0.5, 0.6) is 0 Å². The Morgan fingerprint density at radius 1 is 0.929 bits per heavy atom. The summed E-state index contributed by atoms with van der Waals surface area (Å²) in [5, 5.41) is 5.45. The summed E-state index contributed by atoms with van der Waals surface area (Å²) in [7, 11) is 0. The molecule has 148 valence electrons. The Kier molecular flexibility index (Phi) is 7.14. The van der Waals surface area contributed by atoms with Crippen LogP contribution < -0.4 is 10.6 Å². The van der Waals surface area contributed by atoms with Crippen LogP contribution in [-0.2, 0) is 22.6 Å². The molecule has 2 aromatic carbocycles. The molecule has 28 heavy (non-hydrogen) atoms. The van der Waals surface area contributed by atoms with Gasteiger partial charge in [-0.25, -0.2) is 4.39 Å². The molecule has 0 aliphatic carbocycles. The Balaban J connectivity index is 1.34. The topological polar surface area (TPSA) is 61.4 Å². The molecular formula is C22H26FN3O2.